The van der Waals surface area contributed by atoms with E-state index in [2.05, 4.69) is 35.5 Å². The van der Waals surface area contributed by atoms with Gasteiger partial charge < -0.3 is 15.4 Å². The number of benzene rings is 2. The Kier molecular flexibility index (Phi) is 5.71. The Morgan fingerprint density at radius 2 is 1.85 bits per heavy atom. The van der Waals surface area contributed by atoms with Crippen LogP contribution in [0.1, 0.15) is 35.7 Å². The maximum Gasteiger partial charge on any atom is 0.255 e. The first kappa shape index (κ1) is 18.5. The maximum atomic E-state index is 12.6. The molecule has 3 aromatic rings. The number of carbonyl (C=O) groups is 1. The van der Waals surface area contributed by atoms with Crippen LogP contribution in [-0.4, -0.2) is 18.0 Å². The highest BCUT2D eigenvalue weighted by Crippen LogP contribution is 2.26. The van der Waals surface area contributed by atoms with Gasteiger partial charge in [-0.15, -0.1) is 0 Å². The number of carbonyl (C=O) groups excluding carboxylic acids is 1. The number of hydrogen-bond acceptors (Lipinski definition) is 4. The molecular weight excluding hydrogens is 338 g/mol. The first-order valence-corrected chi connectivity index (χ1v) is 8.84. The molecule has 0 radical (unpaired) electrons. The summed E-state index contributed by atoms with van der Waals surface area (Å²) in [6, 6.07) is 18.8. The molecule has 0 aliphatic rings. The second-order valence-corrected chi connectivity index (χ2v) is 6.48. The maximum absolute atomic E-state index is 12.6. The summed E-state index contributed by atoms with van der Waals surface area (Å²) < 4.78 is 5.19. The zero-order chi connectivity index (χ0) is 19.2. The highest BCUT2D eigenvalue weighted by Gasteiger charge is 2.10. The topological polar surface area (TPSA) is 63.2 Å². The molecular formula is C22H23N3O2. The van der Waals surface area contributed by atoms with Gasteiger partial charge in [0, 0.05) is 29.2 Å². The molecule has 0 aliphatic heterocycles. The summed E-state index contributed by atoms with van der Waals surface area (Å²) in [7, 11) is 1.59. The molecule has 5 nitrogen and oxygen atoms in total. The fourth-order valence-electron chi connectivity index (χ4n) is 2.80. The third-order valence-electron chi connectivity index (χ3n) is 4.20. The summed E-state index contributed by atoms with van der Waals surface area (Å²) in [5.74, 6) is 1.50. The van der Waals surface area contributed by atoms with Crippen molar-refractivity contribution in [1.29, 1.82) is 0 Å². The molecule has 2 aromatic carbocycles. The van der Waals surface area contributed by atoms with Crippen molar-refractivity contribution in [2.24, 2.45) is 0 Å². The Labute approximate surface area is 159 Å². The summed E-state index contributed by atoms with van der Waals surface area (Å²) in [6.45, 7) is 4.29. The SMILES string of the molecule is COc1cccc(NC(=O)c2ccnc(Nc3ccccc3C(C)C)c2)c1. The molecule has 3 rings (SSSR count). The average Bonchev–Trinajstić information content (AvgIpc) is 2.68. The second kappa shape index (κ2) is 8.36. The first-order valence-electron chi connectivity index (χ1n) is 8.84. The normalized spacial score (nSPS) is 10.5. The van der Waals surface area contributed by atoms with Crippen molar-refractivity contribution in [2.45, 2.75) is 19.8 Å². The number of nitrogens with zero attached hydrogens (tertiary/aromatic N) is 1. The summed E-state index contributed by atoms with van der Waals surface area (Å²) in [4.78, 5) is 16.9. The van der Waals surface area contributed by atoms with Gasteiger partial charge in [0.2, 0.25) is 0 Å². The lowest BCUT2D eigenvalue weighted by atomic mass is 10.0. The van der Waals surface area contributed by atoms with Gasteiger partial charge in [-0.2, -0.15) is 0 Å². The van der Waals surface area contributed by atoms with Crippen molar-refractivity contribution in [3.63, 3.8) is 0 Å². The van der Waals surface area contributed by atoms with Crippen molar-refractivity contribution in [3.8, 4) is 5.75 Å². The lowest BCUT2D eigenvalue weighted by Crippen LogP contribution is -2.12. The molecule has 0 bridgehead atoms. The van der Waals surface area contributed by atoms with E-state index in [9.17, 15) is 4.79 Å². The number of anilines is 3. The van der Waals surface area contributed by atoms with Gasteiger partial charge in [-0.25, -0.2) is 4.98 Å². The summed E-state index contributed by atoms with van der Waals surface area (Å²) in [5, 5.41) is 6.20. The van der Waals surface area contributed by atoms with Crippen molar-refractivity contribution < 1.29 is 9.53 Å². The third-order valence-corrected chi connectivity index (χ3v) is 4.20. The van der Waals surface area contributed by atoms with Gasteiger partial charge in [0.15, 0.2) is 0 Å². The van der Waals surface area contributed by atoms with E-state index in [-0.39, 0.29) is 5.91 Å². The number of para-hydroxylation sites is 1. The van der Waals surface area contributed by atoms with E-state index >= 15 is 0 Å². The van der Waals surface area contributed by atoms with Crippen LogP contribution >= 0.6 is 0 Å². The van der Waals surface area contributed by atoms with Gasteiger partial charge in [-0.3, -0.25) is 4.79 Å². The largest absolute Gasteiger partial charge is 0.497 e. The van der Waals surface area contributed by atoms with E-state index in [1.165, 1.54) is 5.56 Å². The number of methoxy groups -OCH3 is 1. The van der Waals surface area contributed by atoms with E-state index < -0.39 is 0 Å². The van der Waals surface area contributed by atoms with E-state index in [4.69, 9.17) is 4.74 Å². The number of amides is 1. The van der Waals surface area contributed by atoms with Crippen molar-refractivity contribution >= 4 is 23.1 Å². The Morgan fingerprint density at radius 1 is 1.04 bits per heavy atom. The molecule has 27 heavy (non-hydrogen) atoms. The number of nitrogens with one attached hydrogen (secondary N) is 2. The smallest absolute Gasteiger partial charge is 0.255 e. The van der Waals surface area contributed by atoms with E-state index in [1.807, 2.05) is 36.4 Å². The van der Waals surface area contributed by atoms with Crippen LogP contribution in [0.2, 0.25) is 0 Å². The van der Waals surface area contributed by atoms with Gasteiger partial charge in [0.25, 0.3) is 5.91 Å². The molecule has 0 saturated heterocycles. The molecule has 138 valence electrons. The average molecular weight is 361 g/mol. The molecule has 1 amide bonds. The highest BCUT2D eigenvalue weighted by molar-refractivity contribution is 6.04. The zero-order valence-electron chi connectivity index (χ0n) is 15.7. The van der Waals surface area contributed by atoms with Gasteiger partial charge in [0.05, 0.1) is 7.11 Å². The van der Waals surface area contributed by atoms with Crippen LogP contribution in [-0.2, 0) is 0 Å². The number of aromatic nitrogens is 1. The minimum absolute atomic E-state index is 0.203. The van der Waals surface area contributed by atoms with Crippen LogP contribution in [0.4, 0.5) is 17.2 Å². The third kappa shape index (κ3) is 4.64. The monoisotopic (exact) mass is 361 g/mol. The van der Waals surface area contributed by atoms with Crippen LogP contribution in [0.25, 0.3) is 0 Å². The summed E-state index contributed by atoms with van der Waals surface area (Å²) >= 11 is 0. The lowest BCUT2D eigenvalue weighted by molar-refractivity contribution is 0.102. The molecule has 0 spiro atoms. The predicted octanol–water partition coefficient (Wildman–Crippen LogP) is 5.21. The van der Waals surface area contributed by atoms with Crippen LogP contribution < -0.4 is 15.4 Å². The Balaban J connectivity index is 1.78. The fraction of sp³-hybridized carbons (Fsp3) is 0.182. The molecule has 2 N–H and O–H groups in total. The second-order valence-electron chi connectivity index (χ2n) is 6.48. The van der Waals surface area contributed by atoms with Gasteiger partial charge in [-0.1, -0.05) is 38.1 Å². The zero-order valence-corrected chi connectivity index (χ0v) is 15.7. The molecule has 0 fully saturated rings. The number of ether oxygens (including phenoxy) is 1. The molecule has 0 saturated carbocycles. The molecule has 5 heteroatoms. The van der Waals surface area contributed by atoms with E-state index in [0.29, 0.717) is 28.7 Å². The van der Waals surface area contributed by atoms with Crippen LogP contribution in [0, 0.1) is 0 Å². The molecule has 0 unspecified atom stereocenters. The Hall–Kier alpha value is -3.34. The van der Waals surface area contributed by atoms with Crippen LogP contribution in [0.15, 0.2) is 66.9 Å². The Morgan fingerprint density at radius 3 is 2.63 bits per heavy atom. The number of pyridine rings is 1. The minimum Gasteiger partial charge on any atom is -0.497 e. The van der Waals surface area contributed by atoms with Crippen LogP contribution in [0.5, 0.6) is 5.75 Å². The number of rotatable bonds is 6. The molecule has 0 aliphatic carbocycles. The fourth-order valence-corrected chi connectivity index (χ4v) is 2.80. The summed E-state index contributed by atoms with van der Waals surface area (Å²) in [6.07, 6.45) is 1.63. The van der Waals surface area contributed by atoms with E-state index in [0.717, 1.165) is 5.69 Å². The van der Waals surface area contributed by atoms with Crippen LogP contribution in [0.3, 0.4) is 0 Å². The van der Waals surface area contributed by atoms with Crippen molar-refractivity contribution in [3.05, 3.63) is 78.0 Å². The number of hydrogen-bond donors (Lipinski definition) is 2. The highest BCUT2D eigenvalue weighted by atomic mass is 16.5. The first-order chi connectivity index (χ1) is 13.1. The van der Waals surface area contributed by atoms with Crippen molar-refractivity contribution in [1.82, 2.24) is 4.98 Å². The quantitative estimate of drug-likeness (QED) is 0.633. The summed E-state index contributed by atoms with van der Waals surface area (Å²) in [5.41, 5.74) is 3.39. The Bertz CT molecular complexity index is 938. The van der Waals surface area contributed by atoms with Gasteiger partial charge in [-0.05, 0) is 41.8 Å². The van der Waals surface area contributed by atoms with E-state index in [1.54, 1.807) is 31.5 Å². The molecule has 1 heterocycles. The van der Waals surface area contributed by atoms with Gasteiger partial charge in [0.1, 0.15) is 11.6 Å². The minimum atomic E-state index is -0.203. The van der Waals surface area contributed by atoms with Gasteiger partial charge >= 0.3 is 0 Å². The van der Waals surface area contributed by atoms with Crippen molar-refractivity contribution in [2.75, 3.05) is 17.7 Å². The lowest BCUT2D eigenvalue weighted by Gasteiger charge is -2.14. The molecule has 1 aromatic heterocycles. The molecule has 0 atom stereocenters. The standard InChI is InChI=1S/C22H23N3O2/c1-15(2)19-9-4-5-10-20(19)25-21-13-16(11-12-23-21)22(26)24-17-7-6-8-18(14-17)27-3/h4-15H,1-3H3,(H,23,25)(H,24,26). The predicted molar refractivity (Wildman–Crippen MR) is 109 cm³/mol.